The van der Waals surface area contributed by atoms with Crippen LogP contribution in [0, 0.1) is 6.92 Å². The number of hydrogen-bond donors (Lipinski definition) is 1. The molecule has 3 saturated heterocycles. The van der Waals surface area contributed by atoms with Crippen LogP contribution in [0.2, 0.25) is 0 Å². The van der Waals surface area contributed by atoms with Crippen molar-refractivity contribution in [3.05, 3.63) is 35.9 Å². The normalized spacial score (nSPS) is 21.2. The van der Waals surface area contributed by atoms with Crippen LogP contribution in [-0.2, 0) is 23.1 Å². The Hall–Kier alpha value is -3.16. The monoisotopic (exact) mass is 546 g/mol. The van der Waals surface area contributed by atoms with E-state index in [1.165, 1.54) is 0 Å². The summed E-state index contributed by atoms with van der Waals surface area (Å²) in [6.45, 7) is 12.4. The summed E-state index contributed by atoms with van der Waals surface area (Å²) in [5.74, 6) is 3.37. The summed E-state index contributed by atoms with van der Waals surface area (Å²) in [6, 6.07) is 8.63. The summed E-state index contributed by atoms with van der Waals surface area (Å²) in [7, 11) is 2.08. The van der Waals surface area contributed by atoms with Crippen molar-refractivity contribution in [3.8, 4) is 5.95 Å². The van der Waals surface area contributed by atoms with Gasteiger partial charge in [-0.25, -0.2) is 9.97 Å². The van der Waals surface area contributed by atoms with E-state index >= 15 is 0 Å². The third-order valence-corrected chi connectivity index (χ3v) is 8.36. The van der Waals surface area contributed by atoms with E-state index in [0.29, 0.717) is 25.2 Å². The Morgan fingerprint density at radius 1 is 0.900 bits per heavy atom. The van der Waals surface area contributed by atoms with Crippen LogP contribution in [0.5, 0.6) is 0 Å². The number of para-hydroxylation sites is 2. The zero-order chi connectivity index (χ0) is 27.1. The highest BCUT2D eigenvalue weighted by Gasteiger charge is 2.27. The molecule has 7 rings (SSSR count). The average molecular weight is 547 g/mol. The molecule has 1 N–H and O–H groups in total. The van der Waals surface area contributed by atoms with E-state index in [9.17, 15) is 0 Å². The Kier molecular flexibility index (Phi) is 7.10. The van der Waals surface area contributed by atoms with Gasteiger partial charge in [-0.1, -0.05) is 12.1 Å². The topological polar surface area (TPSA) is 102 Å². The van der Waals surface area contributed by atoms with Gasteiger partial charge in [-0.15, -0.1) is 0 Å². The van der Waals surface area contributed by atoms with E-state index in [-0.39, 0.29) is 0 Å². The average Bonchev–Trinajstić information content (AvgIpc) is 3.67. The summed E-state index contributed by atoms with van der Waals surface area (Å²) in [6.07, 6.45) is 1.14. The molecule has 0 spiro atoms. The molecule has 1 aromatic carbocycles. The lowest BCUT2D eigenvalue weighted by atomic mass is 10.3. The molecule has 0 saturated carbocycles. The lowest BCUT2D eigenvalue weighted by Crippen LogP contribution is -2.45. The van der Waals surface area contributed by atoms with Crippen LogP contribution >= 0.6 is 0 Å². The predicted molar refractivity (Wildman–Crippen MR) is 153 cm³/mol. The number of fused-ring (bicyclic) bond motifs is 2. The highest BCUT2D eigenvalue weighted by Crippen LogP contribution is 2.28. The number of nitrogens with one attached hydrogen (secondary N) is 1. The molecule has 0 aliphatic carbocycles. The van der Waals surface area contributed by atoms with Crippen molar-refractivity contribution >= 4 is 28.0 Å². The summed E-state index contributed by atoms with van der Waals surface area (Å²) in [4.78, 5) is 27.3. The molecule has 0 radical (unpaired) electrons. The van der Waals surface area contributed by atoms with Gasteiger partial charge in [0.2, 0.25) is 5.95 Å². The Balaban J connectivity index is 1.18. The number of benzene rings is 1. The lowest BCUT2D eigenvalue weighted by Gasteiger charge is -2.28. The minimum Gasteiger partial charge on any atom is -0.379 e. The molecule has 12 heteroatoms. The summed E-state index contributed by atoms with van der Waals surface area (Å²) >= 11 is 0. The van der Waals surface area contributed by atoms with E-state index in [2.05, 4.69) is 42.3 Å². The molecule has 3 aromatic heterocycles. The fraction of sp³-hybridized carbons (Fsp3) is 0.571. The van der Waals surface area contributed by atoms with Crippen molar-refractivity contribution in [1.29, 1.82) is 0 Å². The molecule has 212 valence electrons. The SMILES string of the molecule is Cc1nc2ccccc2n1-c1nc(N2CCOCC2)c2nc(CN3CC[C@@H](NCN4CCOCC4)C3)n(C)c2n1. The second-order valence-electron chi connectivity index (χ2n) is 11.0. The van der Waals surface area contributed by atoms with Crippen LogP contribution < -0.4 is 10.2 Å². The van der Waals surface area contributed by atoms with Gasteiger partial charge in [-0.05, 0) is 25.5 Å². The van der Waals surface area contributed by atoms with Gasteiger partial charge in [-0.3, -0.25) is 14.4 Å². The van der Waals surface area contributed by atoms with Gasteiger partial charge in [0.1, 0.15) is 11.6 Å². The lowest BCUT2D eigenvalue weighted by molar-refractivity contribution is 0.0327. The molecule has 12 nitrogen and oxygen atoms in total. The highest BCUT2D eigenvalue weighted by molar-refractivity contribution is 5.86. The highest BCUT2D eigenvalue weighted by atomic mass is 16.5. The number of ether oxygens (including phenoxy) is 2. The number of likely N-dealkylation sites (tertiary alicyclic amines) is 1. The molecule has 6 heterocycles. The molecule has 40 heavy (non-hydrogen) atoms. The fourth-order valence-corrected chi connectivity index (χ4v) is 6.08. The van der Waals surface area contributed by atoms with Crippen molar-refractivity contribution in [2.45, 2.75) is 25.9 Å². The van der Waals surface area contributed by atoms with Crippen molar-refractivity contribution in [2.24, 2.45) is 7.05 Å². The Bertz CT molecular complexity index is 1490. The Morgan fingerprint density at radius 2 is 1.68 bits per heavy atom. The van der Waals surface area contributed by atoms with Crippen LogP contribution in [0.15, 0.2) is 24.3 Å². The molecule has 0 bridgehead atoms. The molecular formula is C28H38N10O2. The van der Waals surface area contributed by atoms with E-state index in [4.69, 9.17) is 29.4 Å². The quantitative estimate of drug-likeness (QED) is 0.365. The first-order chi connectivity index (χ1) is 19.6. The minimum atomic E-state index is 0.491. The summed E-state index contributed by atoms with van der Waals surface area (Å²) < 4.78 is 15.3. The van der Waals surface area contributed by atoms with Crippen molar-refractivity contribution in [1.82, 2.24) is 44.2 Å². The van der Waals surface area contributed by atoms with Crippen molar-refractivity contribution in [3.63, 3.8) is 0 Å². The van der Waals surface area contributed by atoms with Gasteiger partial charge in [0.15, 0.2) is 17.0 Å². The molecule has 0 amide bonds. The maximum absolute atomic E-state index is 5.65. The first-order valence-electron chi connectivity index (χ1n) is 14.4. The van der Waals surface area contributed by atoms with Crippen LogP contribution in [0.1, 0.15) is 18.1 Å². The Morgan fingerprint density at radius 3 is 2.50 bits per heavy atom. The molecule has 1 atom stereocenters. The number of rotatable bonds is 7. The first-order valence-corrected chi connectivity index (χ1v) is 14.4. The molecule has 3 aliphatic heterocycles. The molecule has 4 aromatic rings. The number of morpholine rings is 2. The fourth-order valence-electron chi connectivity index (χ4n) is 6.08. The second kappa shape index (κ2) is 11.0. The van der Waals surface area contributed by atoms with Gasteiger partial charge in [0.25, 0.3) is 0 Å². The number of hydrogen-bond acceptors (Lipinski definition) is 10. The standard InChI is InChI=1S/C28H38N10O2/c1-20-30-22-5-3-4-6-23(22)38(20)28-32-26-25(27(33-28)37-11-15-40-16-12-37)31-24(34(26)2)18-36-8-7-21(17-36)29-19-35-9-13-39-14-10-35/h3-6,21,29H,7-19H2,1-2H3/t21-/m1/s1. The number of imidazole rings is 2. The van der Waals surface area contributed by atoms with E-state index in [1.807, 2.05) is 25.1 Å². The number of aryl methyl sites for hydroxylation is 2. The minimum absolute atomic E-state index is 0.491. The van der Waals surface area contributed by atoms with Gasteiger partial charge in [0.05, 0.1) is 44.0 Å². The number of aromatic nitrogens is 6. The van der Waals surface area contributed by atoms with Crippen molar-refractivity contribution in [2.75, 3.05) is 77.3 Å². The van der Waals surface area contributed by atoms with Gasteiger partial charge < -0.3 is 24.3 Å². The largest absolute Gasteiger partial charge is 0.379 e. The van der Waals surface area contributed by atoms with E-state index in [0.717, 1.165) is 112 Å². The van der Waals surface area contributed by atoms with Crippen molar-refractivity contribution < 1.29 is 9.47 Å². The van der Waals surface area contributed by atoms with E-state index < -0.39 is 0 Å². The molecular weight excluding hydrogens is 508 g/mol. The van der Waals surface area contributed by atoms with Gasteiger partial charge in [-0.2, -0.15) is 9.97 Å². The second-order valence-corrected chi connectivity index (χ2v) is 11.0. The maximum Gasteiger partial charge on any atom is 0.239 e. The van der Waals surface area contributed by atoms with Crippen LogP contribution in [0.4, 0.5) is 5.82 Å². The van der Waals surface area contributed by atoms with E-state index in [1.54, 1.807) is 0 Å². The van der Waals surface area contributed by atoms with Gasteiger partial charge in [0, 0.05) is 59.0 Å². The number of anilines is 1. The smallest absolute Gasteiger partial charge is 0.239 e. The molecule has 3 fully saturated rings. The van der Waals surface area contributed by atoms with Crippen LogP contribution in [-0.4, -0.2) is 117 Å². The first kappa shape index (κ1) is 25.8. The predicted octanol–water partition coefficient (Wildman–Crippen LogP) is 1.30. The Labute approximate surface area is 233 Å². The van der Waals surface area contributed by atoms with Gasteiger partial charge >= 0.3 is 0 Å². The molecule has 0 unspecified atom stereocenters. The molecule has 3 aliphatic rings. The zero-order valence-corrected chi connectivity index (χ0v) is 23.4. The maximum atomic E-state index is 5.65. The van der Waals surface area contributed by atoms with Crippen LogP contribution in [0.3, 0.4) is 0 Å². The van der Waals surface area contributed by atoms with Crippen LogP contribution in [0.25, 0.3) is 28.1 Å². The third-order valence-electron chi connectivity index (χ3n) is 8.36. The number of nitrogens with zero attached hydrogens (tertiary/aromatic N) is 9. The summed E-state index contributed by atoms with van der Waals surface area (Å²) in [5, 5.41) is 3.76. The third kappa shape index (κ3) is 4.94. The summed E-state index contributed by atoms with van der Waals surface area (Å²) in [5.41, 5.74) is 3.64. The zero-order valence-electron chi connectivity index (χ0n) is 23.4.